The van der Waals surface area contributed by atoms with Gasteiger partial charge in [0.25, 0.3) is 0 Å². The summed E-state index contributed by atoms with van der Waals surface area (Å²) in [4.78, 5) is 25.9. The highest BCUT2D eigenvalue weighted by Gasteiger charge is 2.36. The first-order valence-corrected chi connectivity index (χ1v) is 8.72. The maximum absolute atomic E-state index is 12.7. The molecule has 0 aliphatic carbocycles. The Morgan fingerprint density at radius 3 is 2.74 bits per heavy atom. The quantitative estimate of drug-likeness (QED) is 0.873. The minimum absolute atomic E-state index is 0.0603. The summed E-state index contributed by atoms with van der Waals surface area (Å²) in [6, 6.07) is 5.02. The Morgan fingerprint density at radius 2 is 2.04 bits per heavy atom. The average molecular weight is 382 g/mol. The van der Waals surface area contributed by atoms with E-state index in [-0.39, 0.29) is 5.91 Å². The molecule has 5 nitrogen and oxygen atoms in total. The van der Waals surface area contributed by atoms with Gasteiger partial charge in [-0.15, -0.1) is 0 Å². The van der Waals surface area contributed by atoms with Gasteiger partial charge < -0.3 is 14.7 Å². The van der Waals surface area contributed by atoms with Gasteiger partial charge in [0.15, 0.2) is 0 Å². The Labute approximate surface area is 143 Å². The monoisotopic (exact) mass is 381 g/mol. The number of nitrogens with zero attached hydrogens (tertiary/aromatic N) is 1. The molecule has 2 aliphatic heterocycles. The van der Waals surface area contributed by atoms with Crippen LogP contribution in [0.25, 0.3) is 0 Å². The smallest absolute Gasteiger partial charge is 0.326 e. The van der Waals surface area contributed by atoms with Gasteiger partial charge in [-0.3, -0.25) is 4.79 Å². The molecule has 0 radical (unpaired) electrons. The van der Waals surface area contributed by atoms with E-state index < -0.39 is 12.0 Å². The molecular weight excluding hydrogens is 362 g/mol. The Bertz CT molecular complexity index is 613. The van der Waals surface area contributed by atoms with Gasteiger partial charge in [0, 0.05) is 37.1 Å². The molecule has 6 heteroatoms. The van der Waals surface area contributed by atoms with Gasteiger partial charge in [-0.2, -0.15) is 0 Å². The fourth-order valence-electron chi connectivity index (χ4n) is 3.37. The zero-order valence-electron chi connectivity index (χ0n) is 12.8. The molecule has 1 saturated heterocycles. The zero-order chi connectivity index (χ0) is 16.4. The van der Waals surface area contributed by atoms with Crippen molar-refractivity contribution in [2.75, 3.05) is 13.2 Å². The first-order chi connectivity index (χ1) is 11.1. The SMILES string of the molecule is O=C(O)C1Cc2c(Br)cccc2CN1C(=O)CC1CCOCC1. The topological polar surface area (TPSA) is 66.8 Å². The van der Waals surface area contributed by atoms with E-state index in [9.17, 15) is 14.7 Å². The Hall–Kier alpha value is -1.40. The van der Waals surface area contributed by atoms with Crippen molar-refractivity contribution in [3.8, 4) is 0 Å². The van der Waals surface area contributed by atoms with Crippen molar-refractivity contribution >= 4 is 27.8 Å². The highest BCUT2D eigenvalue weighted by molar-refractivity contribution is 9.10. The molecular formula is C17H20BrNO4. The van der Waals surface area contributed by atoms with E-state index in [1.54, 1.807) is 0 Å². The molecule has 1 unspecified atom stereocenters. The number of carboxylic acids is 1. The van der Waals surface area contributed by atoms with E-state index in [1.165, 1.54) is 4.90 Å². The van der Waals surface area contributed by atoms with Crippen molar-refractivity contribution < 1.29 is 19.4 Å². The minimum atomic E-state index is -0.938. The maximum atomic E-state index is 12.7. The third-order valence-corrected chi connectivity index (χ3v) is 5.48. The molecule has 1 aromatic rings. The number of fused-ring (bicyclic) bond motifs is 1. The summed E-state index contributed by atoms with van der Waals surface area (Å²) in [7, 11) is 0. The van der Waals surface area contributed by atoms with Crippen LogP contribution in [-0.4, -0.2) is 41.1 Å². The summed E-state index contributed by atoms with van der Waals surface area (Å²) < 4.78 is 6.24. The van der Waals surface area contributed by atoms with E-state index in [2.05, 4.69) is 15.9 Å². The number of amides is 1. The van der Waals surface area contributed by atoms with E-state index in [1.807, 2.05) is 18.2 Å². The van der Waals surface area contributed by atoms with E-state index in [0.717, 1.165) is 28.4 Å². The largest absolute Gasteiger partial charge is 0.480 e. The van der Waals surface area contributed by atoms with Crippen molar-refractivity contribution in [2.45, 2.75) is 38.3 Å². The molecule has 1 atom stereocenters. The number of carbonyl (C=O) groups is 2. The third kappa shape index (κ3) is 3.58. The fourth-order valence-corrected chi connectivity index (χ4v) is 3.94. The van der Waals surface area contributed by atoms with Gasteiger partial charge in [-0.25, -0.2) is 4.79 Å². The van der Waals surface area contributed by atoms with Crippen LogP contribution in [-0.2, 0) is 27.3 Å². The molecule has 0 spiro atoms. The summed E-state index contributed by atoms with van der Waals surface area (Å²) >= 11 is 3.48. The highest BCUT2D eigenvalue weighted by Crippen LogP contribution is 2.31. The van der Waals surface area contributed by atoms with Gasteiger partial charge in [0.1, 0.15) is 6.04 Å². The summed E-state index contributed by atoms with van der Waals surface area (Å²) in [6.07, 6.45) is 2.51. The Balaban J connectivity index is 1.79. The van der Waals surface area contributed by atoms with E-state index in [0.29, 0.717) is 38.5 Å². The number of hydrogen-bond donors (Lipinski definition) is 1. The molecule has 2 heterocycles. The Morgan fingerprint density at radius 1 is 1.30 bits per heavy atom. The zero-order valence-corrected chi connectivity index (χ0v) is 14.4. The van der Waals surface area contributed by atoms with Crippen molar-refractivity contribution in [2.24, 2.45) is 5.92 Å². The molecule has 0 saturated carbocycles. The van der Waals surface area contributed by atoms with Crippen LogP contribution in [0.1, 0.15) is 30.4 Å². The molecule has 0 aromatic heterocycles. The van der Waals surface area contributed by atoms with Crippen molar-refractivity contribution in [1.29, 1.82) is 0 Å². The lowest BCUT2D eigenvalue weighted by molar-refractivity contribution is -0.152. The fraction of sp³-hybridized carbons (Fsp3) is 0.529. The number of halogens is 1. The average Bonchev–Trinajstić information content (AvgIpc) is 2.55. The number of ether oxygens (including phenoxy) is 1. The van der Waals surface area contributed by atoms with Gasteiger partial charge in [0.05, 0.1) is 0 Å². The van der Waals surface area contributed by atoms with E-state index >= 15 is 0 Å². The number of aliphatic carboxylic acids is 1. The normalized spacial score (nSPS) is 21.8. The summed E-state index contributed by atoms with van der Waals surface area (Å²) in [5.41, 5.74) is 2.02. The second-order valence-electron chi connectivity index (χ2n) is 6.22. The predicted molar refractivity (Wildman–Crippen MR) is 88.0 cm³/mol. The van der Waals surface area contributed by atoms with Crippen molar-refractivity contribution in [3.05, 3.63) is 33.8 Å². The van der Waals surface area contributed by atoms with Gasteiger partial charge in [-0.05, 0) is 36.0 Å². The Kier molecular flexibility index (Phi) is 5.02. The number of carboxylic acid groups (broad SMARTS) is 1. The molecule has 1 fully saturated rings. The van der Waals surface area contributed by atoms with Crippen molar-refractivity contribution in [1.82, 2.24) is 4.90 Å². The summed E-state index contributed by atoms with van der Waals surface area (Å²) in [5, 5.41) is 9.55. The van der Waals surface area contributed by atoms with Crippen LogP contribution in [0.2, 0.25) is 0 Å². The highest BCUT2D eigenvalue weighted by atomic mass is 79.9. The number of carbonyl (C=O) groups excluding carboxylic acids is 1. The van der Waals surface area contributed by atoms with Crippen LogP contribution < -0.4 is 0 Å². The van der Waals surface area contributed by atoms with Gasteiger partial charge >= 0.3 is 5.97 Å². The van der Waals surface area contributed by atoms with E-state index in [4.69, 9.17) is 4.74 Å². The second-order valence-corrected chi connectivity index (χ2v) is 7.07. The van der Waals surface area contributed by atoms with Crippen LogP contribution in [0.3, 0.4) is 0 Å². The van der Waals surface area contributed by atoms with Crippen LogP contribution in [0, 0.1) is 5.92 Å². The predicted octanol–water partition coefficient (Wildman–Crippen LogP) is 2.60. The van der Waals surface area contributed by atoms with Crippen LogP contribution in [0.4, 0.5) is 0 Å². The molecule has 0 bridgehead atoms. The molecule has 2 aliphatic rings. The molecule has 1 amide bonds. The second kappa shape index (κ2) is 7.01. The molecule has 23 heavy (non-hydrogen) atoms. The summed E-state index contributed by atoms with van der Waals surface area (Å²) in [6.45, 7) is 1.75. The van der Waals surface area contributed by atoms with Gasteiger partial charge in [-0.1, -0.05) is 28.1 Å². The van der Waals surface area contributed by atoms with Crippen LogP contribution >= 0.6 is 15.9 Å². The number of rotatable bonds is 3. The maximum Gasteiger partial charge on any atom is 0.326 e. The number of benzene rings is 1. The first kappa shape index (κ1) is 16.5. The van der Waals surface area contributed by atoms with Crippen molar-refractivity contribution in [3.63, 3.8) is 0 Å². The summed E-state index contributed by atoms with van der Waals surface area (Å²) in [5.74, 6) is -0.698. The molecule has 1 N–H and O–H groups in total. The van der Waals surface area contributed by atoms with Gasteiger partial charge in [0.2, 0.25) is 5.91 Å². The molecule has 3 rings (SSSR count). The molecule has 1 aromatic carbocycles. The first-order valence-electron chi connectivity index (χ1n) is 7.92. The minimum Gasteiger partial charge on any atom is -0.480 e. The standard InChI is InChI=1S/C17H20BrNO4/c18-14-3-1-2-12-10-19(15(17(21)22)9-13(12)14)16(20)8-11-4-6-23-7-5-11/h1-3,11,15H,4-10H2,(H,21,22). The number of hydrogen-bond acceptors (Lipinski definition) is 3. The third-order valence-electron chi connectivity index (χ3n) is 4.74. The lowest BCUT2D eigenvalue weighted by Gasteiger charge is -2.36. The van der Waals surface area contributed by atoms with Crippen LogP contribution in [0.5, 0.6) is 0 Å². The lowest BCUT2D eigenvalue weighted by Crippen LogP contribution is -2.49. The molecule has 124 valence electrons. The van der Waals surface area contributed by atoms with Crippen LogP contribution in [0.15, 0.2) is 22.7 Å². The lowest BCUT2D eigenvalue weighted by atomic mass is 9.91.